The molecule has 2 N–H and O–H groups in total. The van der Waals surface area contributed by atoms with E-state index in [0.29, 0.717) is 6.54 Å². The van der Waals surface area contributed by atoms with Gasteiger partial charge in [0.15, 0.2) is 0 Å². The van der Waals surface area contributed by atoms with Crippen molar-refractivity contribution >= 4 is 33.7 Å². The number of amides is 2. The van der Waals surface area contributed by atoms with E-state index in [2.05, 4.69) is 32.0 Å². The quantitative estimate of drug-likeness (QED) is 0.678. The van der Waals surface area contributed by atoms with Crippen LogP contribution in [-0.2, 0) is 0 Å². The van der Waals surface area contributed by atoms with Crippen LogP contribution in [0.25, 0.3) is 10.6 Å². The zero-order valence-corrected chi connectivity index (χ0v) is 15.7. The van der Waals surface area contributed by atoms with Gasteiger partial charge in [-0.05, 0) is 36.5 Å². The summed E-state index contributed by atoms with van der Waals surface area (Å²) in [5.41, 5.74) is 2.26. The number of likely N-dealkylation sites (N-methyl/N-ethyl adjacent to an activating group) is 1. The minimum absolute atomic E-state index is 0.151. The Kier molecular flexibility index (Phi) is 5.80. The number of aromatic nitrogens is 1. The third-order valence-electron chi connectivity index (χ3n) is 3.77. The molecular weight excluding hydrogens is 352 g/mol. The first-order chi connectivity index (χ1) is 12.1. The number of hydrogen-bond acceptors (Lipinski definition) is 5. The fourth-order valence-corrected chi connectivity index (χ4v) is 3.98. The van der Waals surface area contributed by atoms with Crippen LogP contribution in [0.1, 0.15) is 11.6 Å². The standard InChI is InChI=1S/C18H20N4OS2/c1-22(2)15(14-8-9-24-12-14)10-20-18(23)21-16-11-19-17(25-16)13-6-4-3-5-7-13/h3-9,11-12,15H,10H2,1-2H3,(H2,20,21,23)/t15-/m1/s1. The molecule has 5 nitrogen and oxygen atoms in total. The molecule has 2 aromatic heterocycles. The number of thiazole rings is 1. The molecule has 0 aliphatic rings. The summed E-state index contributed by atoms with van der Waals surface area (Å²) in [5.74, 6) is 0. The van der Waals surface area contributed by atoms with Crippen LogP contribution in [0.2, 0.25) is 0 Å². The van der Waals surface area contributed by atoms with E-state index in [1.807, 2.05) is 49.8 Å². The second kappa shape index (κ2) is 8.24. The van der Waals surface area contributed by atoms with E-state index >= 15 is 0 Å². The van der Waals surface area contributed by atoms with Crippen LogP contribution in [0.15, 0.2) is 53.4 Å². The minimum Gasteiger partial charge on any atom is -0.336 e. The molecule has 0 spiro atoms. The highest BCUT2D eigenvalue weighted by Crippen LogP contribution is 2.28. The van der Waals surface area contributed by atoms with Gasteiger partial charge in [-0.25, -0.2) is 9.78 Å². The van der Waals surface area contributed by atoms with Crippen molar-refractivity contribution in [2.24, 2.45) is 0 Å². The van der Waals surface area contributed by atoms with Crippen LogP contribution in [0.3, 0.4) is 0 Å². The first-order valence-corrected chi connectivity index (χ1v) is 9.64. The van der Waals surface area contributed by atoms with E-state index in [0.717, 1.165) is 15.6 Å². The maximum absolute atomic E-state index is 12.2. The molecule has 3 rings (SSSR count). The number of anilines is 1. The van der Waals surface area contributed by atoms with Gasteiger partial charge in [0, 0.05) is 12.1 Å². The maximum Gasteiger partial charge on any atom is 0.319 e. The summed E-state index contributed by atoms with van der Waals surface area (Å²) in [6.07, 6.45) is 1.69. The molecule has 0 saturated carbocycles. The highest BCUT2D eigenvalue weighted by Gasteiger charge is 2.16. The molecule has 7 heteroatoms. The van der Waals surface area contributed by atoms with Crippen molar-refractivity contribution in [3.8, 4) is 10.6 Å². The van der Waals surface area contributed by atoms with Gasteiger partial charge in [0.1, 0.15) is 10.0 Å². The molecule has 130 valence electrons. The van der Waals surface area contributed by atoms with Crippen molar-refractivity contribution in [3.63, 3.8) is 0 Å². The predicted octanol–water partition coefficient (Wildman–Crippen LogP) is 4.30. The van der Waals surface area contributed by atoms with Crippen LogP contribution in [-0.4, -0.2) is 36.6 Å². The van der Waals surface area contributed by atoms with Crippen LogP contribution in [0.4, 0.5) is 9.80 Å². The summed E-state index contributed by atoms with van der Waals surface area (Å²) >= 11 is 3.12. The number of rotatable bonds is 6. The van der Waals surface area contributed by atoms with Crippen LogP contribution < -0.4 is 10.6 Å². The number of nitrogens with zero attached hydrogens (tertiary/aromatic N) is 2. The van der Waals surface area contributed by atoms with Crippen molar-refractivity contribution in [3.05, 3.63) is 58.9 Å². The first-order valence-electron chi connectivity index (χ1n) is 7.88. The lowest BCUT2D eigenvalue weighted by Gasteiger charge is -2.23. The summed E-state index contributed by atoms with van der Waals surface area (Å²) in [6.45, 7) is 0.542. The third kappa shape index (κ3) is 4.66. The number of benzene rings is 1. The van der Waals surface area contributed by atoms with Gasteiger partial charge in [0.05, 0.1) is 12.2 Å². The Morgan fingerprint density at radius 2 is 2.04 bits per heavy atom. The largest absolute Gasteiger partial charge is 0.336 e. The lowest BCUT2D eigenvalue weighted by Crippen LogP contribution is -2.36. The third-order valence-corrected chi connectivity index (χ3v) is 5.43. The zero-order valence-electron chi connectivity index (χ0n) is 14.1. The molecule has 3 aromatic rings. The number of hydrogen-bond donors (Lipinski definition) is 2. The Labute approximate surface area is 155 Å². The number of nitrogens with one attached hydrogen (secondary N) is 2. The van der Waals surface area contributed by atoms with Gasteiger partial charge in [-0.3, -0.25) is 5.32 Å². The molecule has 1 aromatic carbocycles. The summed E-state index contributed by atoms with van der Waals surface area (Å²) in [5, 5.41) is 11.6. The summed E-state index contributed by atoms with van der Waals surface area (Å²) in [7, 11) is 4.02. The van der Waals surface area contributed by atoms with Gasteiger partial charge < -0.3 is 10.2 Å². The van der Waals surface area contributed by atoms with Crippen molar-refractivity contribution in [2.75, 3.05) is 26.0 Å². The van der Waals surface area contributed by atoms with E-state index in [9.17, 15) is 4.79 Å². The normalized spacial score (nSPS) is 12.1. The Morgan fingerprint density at radius 1 is 1.24 bits per heavy atom. The average Bonchev–Trinajstić information content (AvgIpc) is 3.28. The molecule has 0 saturated heterocycles. The first kappa shape index (κ1) is 17.6. The number of carbonyl (C=O) groups is 1. The van der Waals surface area contributed by atoms with E-state index in [4.69, 9.17) is 0 Å². The van der Waals surface area contributed by atoms with Crippen molar-refractivity contribution < 1.29 is 4.79 Å². The molecule has 1 atom stereocenters. The van der Waals surface area contributed by atoms with Crippen molar-refractivity contribution in [1.29, 1.82) is 0 Å². The van der Waals surface area contributed by atoms with Crippen LogP contribution in [0, 0.1) is 0 Å². The Morgan fingerprint density at radius 3 is 2.72 bits per heavy atom. The SMILES string of the molecule is CN(C)[C@H](CNC(=O)Nc1cnc(-c2ccccc2)s1)c1ccsc1. The van der Waals surface area contributed by atoms with Crippen molar-refractivity contribution in [1.82, 2.24) is 15.2 Å². The van der Waals surface area contributed by atoms with Gasteiger partial charge in [-0.1, -0.05) is 41.7 Å². The monoisotopic (exact) mass is 372 g/mol. The van der Waals surface area contributed by atoms with Crippen LogP contribution >= 0.6 is 22.7 Å². The molecule has 2 amide bonds. The smallest absolute Gasteiger partial charge is 0.319 e. The van der Waals surface area contributed by atoms with E-state index in [1.54, 1.807) is 17.5 Å². The summed E-state index contributed by atoms with van der Waals surface area (Å²) in [6, 6.07) is 12.0. The number of carbonyl (C=O) groups excluding carboxylic acids is 1. The van der Waals surface area contributed by atoms with Crippen LogP contribution in [0.5, 0.6) is 0 Å². The molecular formula is C18H20N4OS2. The van der Waals surface area contributed by atoms with Gasteiger partial charge in [0.25, 0.3) is 0 Å². The molecule has 0 aliphatic heterocycles. The topological polar surface area (TPSA) is 57.3 Å². The Bertz CT molecular complexity index is 800. The highest BCUT2D eigenvalue weighted by molar-refractivity contribution is 7.19. The second-order valence-corrected chi connectivity index (χ2v) is 7.58. The van der Waals surface area contributed by atoms with Gasteiger partial charge in [-0.2, -0.15) is 11.3 Å². The molecule has 2 heterocycles. The highest BCUT2D eigenvalue weighted by atomic mass is 32.1. The van der Waals surface area contributed by atoms with E-state index in [1.165, 1.54) is 16.9 Å². The van der Waals surface area contributed by atoms with Crippen molar-refractivity contribution in [2.45, 2.75) is 6.04 Å². The molecule has 0 bridgehead atoms. The number of thiophene rings is 1. The zero-order chi connectivity index (χ0) is 17.6. The fraction of sp³-hybridized carbons (Fsp3) is 0.222. The molecule has 25 heavy (non-hydrogen) atoms. The van der Waals surface area contributed by atoms with Gasteiger partial charge in [-0.15, -0.1) is 0 Å². The van der Waals surface area contributed by atoms with Gasteiger partial charge >= 0.3 is 6.03 Å². The summed E-state index contributed by atoms with van der Waals surface area (Å²) in [4.78, 5) is 18.7. The van der Waals surface area contributed by atoms with Gasteiger partial charge in [0.2, 0.25) is 0 Å². The number of urea groups is 1. The second-order valence-electron chi connectivity index (χ2n) is 5.77. The fourth-order valence-electron chi connectivity index (χ4n) is 2.45. The van der Waals surface area contributed by atoms with E-state index in [-0.39, 0.29) is 12.1 Å². The molecule has 0 radical (unpaired) electrons. The summed E-state index contributed by atoms with van der Waals surface area (Å²) < 4.78 is 0. The van der Waals surface area contributed by atoms with E-state index < -0.39 is 0 Å². The molecule has 0 unspecified atom stereocenters. The lowest BCUT2D eigenvalue weighted by atomic mass is 10.1. The predicted molar refractivity (Wildman–Crippen MR) is 105 cm³/mol. The average molecular weight is 373 g/mol. The minimum atomic E-state index is -0.217. The lowest BCUT2D eigenvalue weighted by molar-refractivity contribution is 0.243. The Hall–Kier alpha value is -2.22. The maximum atomic E-state index is 12.2. The Balaban J connectivity index is 1.57. The molecule has 0 fully saturated rings. The molecule has 0 aliphatic carbocycles.